The Morgan fingerprint density at radius 2 is 1.54 bits per heavy atom. The smallest absolute Gasteiger partial charge is 0.262 e. The van der Waals surface area contributed by atoms with Gasteiger partial charge in [-0.15, -0.1) is 0 Å². The number of ether oxygens (including phenoxy) is 1. The summed E-state index contributed by atoms with van der Waals surface area (Å²) in [5.74, 6) is 0.115. The summed E-state index contributed by atoms with van der Waals surface area (Å²) >= 11 is 3.35. The summed E-state index contributed by atoms with van der Waals surface area (Å²) in [5, 5.41) is 5.59. The molecule has 0 unspecified atom stereocenters. The molecule has 0 aliphatic rings. The number of carbonyl (C=O) groups is 2. The number of nitrogens with one attached hydrogen (secondary N) is 2. The first-order chi connectivity index (χ1) is 13.5. The van der Waals surface area contributed by atoms with E-state index >= 15 is 0 Å². The molecule has 0 aliphatic carbocycles. The van der Waals surface area contributed by atoms with Crippen LogP contribution in [0.2, 0.25) is 0 Å². The number of hydrogen-bond donors (Lipinski definition) is 2. The Balaban J connectivity index is 1.56. The lowest BCUT2D eigenvalue weighted by molar-refractivity contribution is -0.118. The largest absolute Gasteiger partial charge is 0.484 e. The Hall–Kier alpha value is -3.12. The molecule has 6 heteroatoms. The van der Waals surface area contributed by atoms with Gasteiger partial charge < -0.3 is 15.4 Å². The van der Waals surface area contributed by atoms with Crippen molar-refractivity contribution in [2.75, 3.05) is 17.2 Å². The van der Waals surface area contributed by atoms with E-state index in [-0.39, 0.29) is 18.4 Å². The number of anilines is 2. The van der Waals surface area contributed by atoms with Crippen LogP contribution in [-0.4, -0.2) is 18.4 Å². The maximum absolute atomic E-state index is 12.3. The molecule has 3 aromatic carbocycles. The summed E-state index contributed by atoms with van der Waals surface area (Å²) in [6, 6.07) is 21.5. The standard InChI is InChI=1S/C22H19BrN2O3/c1-15-5-7-16(8-6-15)22(27)25-19-4-2-3-18(13-19)24-21(26)14-28-20-11-9-17(23)10-12-20/h2-13H,14H2,1H3,(H,24,26)(H,25,27). The van der Waals surface area contributed by atoms with E-state index < -0.39 is 0 Å². The highest BCUT2D eigenvalue weighted by atomic mass is 79.9. The second kappa shape index (κ2) is 9.19. The van der Waals surface area contributed by atoms with Crippen molar-refractivity contribution < 1.29 is 14.3 Å². The molecule has 0 saturated heterocycles. The highest BCUT2D eigenvalue weighted by molar-refractivity contribution is 9.10. The molecule has 28 heavy (non-hydrogen) atoms. The molecule has 2 N–H and O–H groups in total. The molecule has 0 heterocycles. The van der Waals surface area contributed by atoms with Gasteiger partial charge in [-0.05, 0) is 61.5 Å². The molecule has 0 bridgehead atoms. The molecule has 5 nitrogen and oxygen atoms in total. The van der Waals surface area contributed by atoms with Crippen LogP contribution in [0.5, 0.6) is 5.75 Å². The molecule has 0 atom stereocenters. The average Bonchev–Trinajstić information content (AvgIpc) is 2.68. The fraction of sp³-hybridized carbons (Fsp3) is 0.0909. The van der Waals surface area contributed by atoms with Crippen LogP contribution in [0.15, 0.2) is 77.3 Å². The highest BCUT2D eigenvalue weighted by Gasteiger charge is 2.08. The van der Waals surface area contributed by atoms with Crippen molar-refractivity contribution in [3.8, 4) is 5.75 Å². The Morgan fingerprint density at radius 3 is 2.21 bits per heavy atom. The van der Waals surface area contributed by atoms with Crippen molar-refractivity contribution in [2.24, 2.45) is 0 Å². The lowest BCUT2D eigenvalue weighted by Gasteiger charge is -2.10. The van der Waals surface area contributed by atoms with Crippen molar-refractivity contribution in [1.29, 1.82) is 0 Å². The lowest BCUT2D eigenvalue weighted by atomic mass is 10.1. The van der Waals surface area contributed by atoms with E-state index in [0.717, 1.165) is 10.0 Å². The molecule has 0 aromatic heterocycles. The number of hydrogen-bond acceptors (Lipinski definition) is 3. The second-order valence-electron chi connectivity index (χ2n) is 6.19. The molecule has 0 radical (unpaired) electrons. The van der Waals surface area contributed by atoms with Crippen LogP contribution in [0.1, 0.15) is 15.9 Å². The van der Waals surface area contributed by atoms with Gasteiger partial charge >= 0.3 is 0 Å². The highest BCUT2D eigenvalue weighted by Crippen LogP contribution is 2.18. The molecule has 3 aromatic rings. The number of amides is 2. The van der Waals surface area contributed by atoms with E-state index in [9.17, 15) is 9.59 Å². The molecule has 2 amide bonds. The van der Waals surface area contributed by atoms with Crippen molar-refractivity contribution >= 4 is 39.1 Å². The third kappa shape index (κ3) is 5.69. The predicted octanol–water partition coefficient (Wildman–Crippen LogP) is 5.03. The molecular formula is C22H19BrN2O3. The van der Waals surface area contributed by atoms with E-state index in [0.29, 0.717) is 22.7 Å². The van der Waals surface area contributed by atoms with E-state index in [2.05, 4.69) is 26.6 Å². The van der Waals surface area contributed by atoms with Gasteiger partial charge in [-0.3, -0.25) is 9.59 Å². The van der Waals surface area contributed by atoms with Gasteiger partial charge in [0.15, 0.2) is 6.61 Å². The lowest BCUT2D eigenvalue weighted by Crippen LogP contribution is -2.20. The number of rotatable bonds is 6. The zero-order chi connectivity index (χ0) is 19.9. The Morgan fingerprint density at radius 1 is 0.893 bits per heavy atom. The molecule has 0 spiro atoms. The Bertz CT molecular complexity index is 970. The maximum atomic E-state index is 12.3. The normalized spacial score (nSPS) is 10.2. The summed E-state index contributed by atoms with van der Waals surface area (Å²) in [4.78, 5) is 24.4. The Labute approximate surface area is 171 Å². The summed E-state index contributed by atoms with van der Waals surface area (Å²) in [5.41, 5.74) is 2.83. The molecule has 0 fully saturated rings. The van der Waals surface area contributed by atoms with E-state index in [1.807, 2.05) is 31.2 Å². The van der Waals surface area contributed by atoms with Crippen molar-refractivity contribution in [3.05, 3.63) is 88.4 Å². The van der Waals surface area contributed by atoms with Gasteiger partial charge in [-0.25, -0.2) is 0 Å². The predicted molar refractivity (Wildman–Crippen MR) is 114 cm³/mol. The summed E-state index contributed by atoms with van der Waals surface area (Å²) in [7, 11) is 0. The van der Waals surface area contributed by atoms with Crippen molar-refractivity contribution in [2.45, 2.75) is 6.92 Å². The molecular weight excluding hydrogens is 420 g/mol. The zero-order valence-electron chi connectivity index (χ0n) is 15.2. The van der Waals surface area contributed by atoms with Crippen LogP contribution in [-0.2, 0) is 4.79 Å². The second-order valence-corrected chi connectivity index (χ2v) is 7.11. The maximum Gasteiger partial charge on any atom is 0.262 e. The number of halogens is 1. The van der Waals surface area contributed by atoms with Gasteiger partial charge in [0.1, 0.15) is 5.75 Å². The number of benzene rings is 3. The number of aryl methyl sites for hydroxylation is 1. The zero-order valence-corrected chi connectivity index (χ0v) is 16.8. The fourth-order valence-corrected chi connectivity index (χ4v) is 2.72. The number of carbonyl (C=O) groups excluding carboxylic acids is 2. The first-order valence-electron chi connectivity index (χ1n) is 8.66. The van der Waals surface area contributed by atoms with Gasteiger partial charge in [-0.1, -0.05) is 39.7 Å². The van der Waals surface area contributed by atoms with E-state index in [1.165, 1.54) is 0 Å². The fourth-order valence-electron chi connectivity index (χ4n) is 2.46. The minimum Gasteiger partial charge on any atom is -0.484 e. The van der Waals surface area contributed by atoms with Crippen LogP contribution in [0.3, 0.4) is 0 Å². The van der Waals surface area contributed by atoms with Gasteiger partial charge in [0.2, 0.25) is 0 Å². The van der Waals surface area contributed by atoms with Crippen LogP contribution in [0.25, 0.3) is 0 Å². The average molecular weight is 439 g/mol. The van der Waals surface area contributed by atoms with Gasteiger partial charge in [-0.2, -0.15) is 0 Å². The molecule has 142 valence electrons. The van der Waals surface area contributed by atoms with Crippen molar-refractivity contribution in [1.82, 2.24) is 0 Å². The third-order valence-electron chi connectivity index (χ3n) is 3.90. The van der Waals surface area contributed by atoms with Gasteiger partial charge in [0.25, 0.3) is 11.8 Å². The molecule has 0 aliphatic heterocycles. The topological polar surface area (TPSA) is 67.4 Å². The SMILES string of the molecule is Cc1ccc(C(=O)Nc2cccc(NC(=O)COc3ccc(Br)cc3)c2)cc1. The van der Waals surface area contributed by atoms with Crippen LogP contribution in [0, 0.1) is 6.92 Å². The minimum absolute atomic E-state index is 0.110. The first-order valence-corrected chi connectivity index (χ1v) is 9.45. The first kappa shape index (κ1) is 19.6. The summed E-state index contributed by atoms with van der Waals surface area (Å²) in [6.07, 6.45) is 0. The third-order valence-corrected chi connectivity index (χ3v) is 4.43. The van der Waals surface area contributed by atoms with Crippen LogP contribution in [0.4, 0.5) is 11.4 Å². The van der Waals surface area contributed by atoms with E-state index in [1.54, 1.807) is 48.5 Å². The van der Waals surface area contributed by atoms with Crippen LogP contribution < -0.4 is 15.4 Å². The quantitative estimate of drug-likeness (QED) is 0.567. The van der Waals surface area contributed by atoms with Gasteiger partial charge in [0, 0.05) is 21.4 Å². The van der Waals surface area contributed by atoms with E-state index in [4.69, 9.17) is 4.74 Å². The summed E-state index contributed by atoms with van der Waals surface area (Å²) in [6.45, 7) is 1.86. The van der Waals surface area contributed by atoms with Crippen molar-refractivity contribution in [3.63, 3.8) is 0 Å². The molecule has 0 saturated carbocycles. The monoisotopic (exact) mass is 438 g/mol. The minimum atomic E-state index is -0.287. The van der Waals surface area contributed by atoms with Gasteiger partial charge in [0.05, 0.1) is 0 Å². The molecule has 3 rings (SSSR count). The summed E-state index contributed by atoms with van der Waals surface area (Å²) < 4.78 is 6.39. The Kier molecular flexibility index (Phi) is 6.45. The van der Waals surface area contributed by atoms with Crippen LogP contribution >= 0.6 is 15.9 Å².